The van der Waals surface area contributed by atoms with Gasteiger partial charge >= 0.3 is 0 Å². The van der Waals surface area contributed by atoms with E-state index < -0.39 is 0 Å². The molecule has 0 aromatic heterocycles. The molecule has 1 amide bonds. The maximum Gasteiger partial charge on any atom is 0.225 e. The van der Waals surface area contributed by atoms with E-state index in [9.17, 15) is 4.79 Å². The number of rotatable bonds is 5. The van der Waals surface area contributed by atoms with Crippen molar-refractivity contribution >= 4 is 29.4 Å². The Labute approximate surface area is 76.7 Å². The number of amides is 1. The first-order valence-corrected chi connectivity index (χ1v) is 6.13. The predicted molar refractivity (Wildman–Crippen MR) is 54.1 cm³/mol. The molecular weight excluding hydrogens is 178 g/mol. The van der Waals surface area contributed by atoms with E-state index in [1.807, 2.05) is 19.4 Å². The van der Waals surface area contributed by atoms with Crippen LogP contribution in [0, 0.1) is 5.41 Å². The number of nitrogens with two attached hydrogens (primary N) is 1. The van der Waals surface area contributed by atoms with Gasteiger partial charge in [0.2, 0.25) is 5.91 Å². The summed E-state index contributed by atoms with van der Waals surface area (Å²) in [5.74, 6) is 1.42. The number of hydrogen-bond acceptors (Lipinski definition) is 3. The highest BCUT2D eigenvalue weighted by atomic mass is 32.2. The number of primary amides is 1. The molecule has 0 heterocycles. The van der Waals surface area contributed by atoms with Gasteiger partial charge in [0.25, 0.3) is 0 Å². The minimum Gasteiger partial charge on any atom is -0.369 e. The Kier molecular flexibility index (Phi) is 5.01. The van der Waals surface area contributed by atoms with Crippen LogP contribution in [-0.2, 0) is 4.79 Å². The van der Waals surface area contributed by atoms with Crippen molar-refractivity contribution in [3.63, 3.8) is 0 Å². The standard InChI is InChI=1S/C7H15NOS2/c1-7(4-10-2,5-11-3)6(8)9/h4-5H2,1-3H3,(H2,8,9). The fourth-order valence-corrected chi connectivity index (χ4v) is 2.71. The van der Waals surface area contributed by atoms with E-state index in [2.05, 4.69) is 0 Å². The lowest BCUT2D eigenvalue weighted by atomic mass is 9.95. The minimum atomic E-state index is -0.334. The van der Waals surface area contributed by atoms with E-state index >= 15 is 0 Å². The summed E-state index contributed by atoms with van der Waals surface area (Å²) in [6.45, 7) is 1.92. The van der Waals surface area contributed by atoms with E-state index in [1.165, 1.54) is 0 Å². The maximum absolute atomic E-state index is 11.0. The van der Waals surface area contributed by atoms with Crippen LogP contribution < -0.4 is 5.73 Å². The topological polar surface area (TPSA) is 43.1 Å². The number of carbonyl (C=O) groups excluding carboxylic acids is 1. The molecule has 0 saturated carbocycles. The smallest absolute Gasteiger partial charge is 0.225 e. The average Bonchev–Trinajstić information content (AvgIpc) is 1.88. The third-order valence-electron chi connectivity index (χ3n) is 1.52. The molecule has 0 aliphatic carbocycles. The van der Waals surface area contributed by atoms with E-state index in [0.29, 0.717) is 0 Å². The van der Waals surface area contributed by atoms with Crippen LogP contribution in [0.5, 0.6) is 0 Å². The van der Waals surface area contributed by atoms with Crippen LogP contribution in [0.15, 0.2) is 0 Å². The van der Waals surface area contributed by atoms with Crippen molar-refractivity contribution in [3.8, 4) is 0 Å². The third-order valence-corrected chi connectivity index (χ3v) is 3.37. The van der Waals surface area contributed by atoms with Crippen molar-refractivity contribution < 1.29 is 4.79 Å². The molecule has 0 atom stereocenters. The Morgan fingerprint density at radius 3 is 1.91 bits per heavy atom. The molecule has 0 rings (SSSR count). The highest BCUT2D eigenvalue weighted by Gasteiger charge is 2.29. The van der Waals surface area contributed by atoms with Crippen LogP contribution in [0.2, 0.25) is 0 Å². The lowest BCUT2D eigenvalue weighted by Gasteiger charge is -2.23. The van der Waals surface area contributed by atoms with Gasteiger partial charge in [-0.1, -0.05) is 0 Å². The van der Waals surface area contributed by atoms with Crippen LogP contribution in [0.4, 0.5) is 0 Å². The fourth-order valence-electron chi connectivity index (χ4n) is 0.821. The van der Waals surface area contributed by atoms with E-state index in [1.54, 1.807) is 23.5 Å². The van der Waals surface area contributed by atoms with Gasteiger partial charge in [-0.3, -0.25) is 4.79 Å². The van der Waals surface area contributed by atoms with Gasteiger partial charge in [0.15, 0.2) is 0 Å². The molecule has 0 aliphatic heterocycles. The zero-order valence-electron chi connectivity index (χ0n) is 7.22. The van der Waals surface area contributed by atoms with Crippen molar-refractivity contribution in [2.75, 3.05) is 24.0 Å². The van der Waals surface area contributed by atoms with Crippen molar-refractivity contribution in [1.82, 2.24) is 0 Å². The molecule has 0 aromatic rings. The van der Waals surface area contributed by atoms with Gasteiger partial charge in [0.05, 0.1) is 5.41 Å². The van der Waals surface area contributed by atoms with Crippen molar-refractivity contribution in [3.05, 3.63) is 0 Å². The van der Waals surface area contributed by atoms with E-state index in [-0.39, 0.29) is 11.3 Å². The summed E-state index contributed by atoms with van der Waals surface area (Å²) in [5, 5.41) is 0. The van der Waals surface area contributed by atoms with Gasteiger partial charge in [-0.05, 0) is 19.4 Å². The fraction of sp³-hybridized carbons (Fsp3) is 0.857. The molecule has 0 bridgehead atoms. The first kappa shape index (κ1) is 11.2. The molecule has 0 spiro atoms. The average molecular weight is 193 g/mol. The molecule has 0 aromatic carbocycles. The molecule has 66 valence electrons. The Bertz CT molecular complexity index is 132. The Morgan fingerprint density at radius 2 is 1.73 bits per heavy atom. The lowest BCUT2D eigenvalue weighted by Crippen LogP contribution is -2.38. The molecular formula is C7H15NOS2. The molecule has 0 fully saturated rings. The normalized spacial score (nSPS) is 11.5. The minimum absolute atomic E-state index is 0.193. The summed E-state index contributed by atoms with van der Waals surface area (Å²) in [6, 6.07) is 0. The molecule has 0 radical (unpaired) electrons. The van der Waals surface area contributed by atoms with Crippen molar-refractivity contribution in [1.29, 1.82) is 0 Å². The number of carbonyl (C=O) groups is 1. The quantitative estimate of drug-likeness (QED) is 0.713. The van der Waals surface area contributed by atoms with Crippen molar-refractivity contribution in [2.24, 2.45) is 11.1 Å². The zero-order valence-corrected chi connectivity index (χ0v) is 8.85. The summed E-state index contributed by atoms with van der Waals surface area (Å²) >= 11 is 3.33. The molecule has 2 N–H and O–H groups in total. The number of hydrogen-bond donors (Lipinski definition) is 1. The van der Waals surface area contributed by atoms with Crippen LogP contribution in [-0.4, -0.2) is 29.9 Å². The monoisotopic (exact) mass is 193 g/mol. The Morgan fingerprint density at radius 1 is 1.36 bits per heavy atom. The van der Waals surface area contributed by atoms with E-state index in [0.717, 1.165) is 11.5 Å². The lowest BCUT2D eigenvalue weighted by molar-refractivity contribution is -0.124. The molecule has 0 unspecified atom stereocenters. The van der Waals surface area contributed by atoms with Crippen LogP contribution in [0.1, 0.15) is 6.92 Å². The van der Waals surface area contributed by atoms with Crippen molar-refractivity contribution in [2.45, 2.75) is 6.92 Å². The SMILES string of the molecule is CSCC(C)(CSC)C(N)=O. The summed E-state index contributed by atoms with van der Waals surface area (Å²) in [4.78, 5) is 11.0. The molecule has 0 aliphatic rings. The predicted octanol–water partition coefficient (Wildman–Crippen LogP) is 1.20. The second kappa shape index (κ2) is 4.93. The summed E-state index contributed by atoms with van der Waals surface area (Å²) in [6.07, 6.45) is 3.98. The molecule has 4 heteroatoms. The highest BCUT2D eigenvalue weighted by Crippen LogP contribution is 2.24. The zero-order chi connectivity index (χ0) is 8.91. The van der Waals surface area contributed by atoms with E-state index in [4.69, 9.17) is 5.73 Å². The van der Waals surface area contributed by atoms with Crippen LogP contribution in [0.3, 0.4) is 0 Å². The van der Waals surface area contributed by atoms with Gasteiger partial charge in [-0.2, -0.15) is 23.5 Å². The number of thioether (sulfide) groups is 2. The van der Waals surface area contributed by atoms with Crippen LogP contribution in [0.25, 0.3) is 0 Å². The summed E-state index contributed by atoms with van der Waals surface area (Å²) < 4.78 is 0. The second-order valence-corrected chi connectivity index (χ2v) is 4.52. The van der Waals surface area contributed by atoms with Crippen LogP contribution >= 0.6 is 23.5 Å². The van der Waals surface area contributed by atoms with Gasteiger partial charge < -0.3 is 5.73 Å². The largest absolute Gasteiger partial charge is 0.369 e. The molecule has 0 saturated heterocycles. The Balaban J connectivity index is 4.13. The molecule has 2 nitrogen and oxygen atoms in total. The second-order valence-electron chi connectivity index (χ2n) is 2.79. The van der Waals surface area contributed by atoms with Gasteiger partial charge in [0, 0.05) is 11.5 Å². The first-order valence-electron chi connectivity index (χ1n) is 3.34. The van der Waals surface area contributed by atoms with Gasteiger partial charge in [0.1, 0.15) is 0 Å². The highest BCUT2D eigenvalue weighted by molar-refractivity contribution is 7.99. The summed E-state index contributed by atoms with van der Waals surface area (Å²) in [5.41, 5.74) is 4.94. The third kappa shape index (κ3) is 3.38. The molecule has 11 heavy (non-hydrogen) atoms. The Hall–Kier alpha value is 0.170. The maximum atomic E-state index is 11.0. The summed E-state index contributed by atoms with van der Waals surface area (Å²) in [7, 11) is 0. The van der Waals surface area contributed by atoms with Gasteiger partial charge in [-0.15, -0.1) is 0 Å². The first-order chi connectivity index (χ1) is 5.06. The van der Waals surface area contributed by atoms with Gasteiger partial charge in [-0.25, -0.2) is 0 Å².